The fourth-order valence-electron chi connectivity index (χ4n) is 0.812. The highest BCUT2D eigenvalue weighted by Gasteiger charge is 1.94. The number of ether oxygens (including phenoxy) is 1. The van der Waals surface area contributed by atoms with Crippen LogP contribution in [0.15, 0.2) is 24.8 Å². The van der Waals surface area contributed by atoms with Crippen molar-refractivity contribution in [1.29, 1.82) is 0 Å². The summed E-state index contributed by atoms with van der Waals surface area (Å²) in [5.41, 5.74) is 5.36. The largest absolute Gasteiger partial charge is 0.477 e. The van der Waals surface area contributed by atoms with Crippen LogP contribution in [-0.4, -0.2) is 16.8 Å². The molecule has 0 amide bonds. The normalized spacial score (nSPS) is 9.54. The average Bonchev–Trinajstić information content (AvgIpc) is 2.15. The molecule has 4 heteroatoms. The van der Waals surface area contributed by atoms with E-state index in [2.05, 4.69) is 16.8 Å². The summed E-state index contributed by atoms with van der Waals surface area (Å²) >= 11 is 0. The number of allylic oxidation sites excluding steroid dienone is 1. The summed E-state index contributed by atoms with van der Waals surface area (Å²) in [6.45, 7) is 4.25. The smallest absolute Gasteiger partial charge is 0.233 e. The molecule has 0 fully saturated rings. The second-order valence-electron chi connectivity index (χ2n) is 2.58. The van der Waals surface area contributed by atoms with Crippen LogP contribution in [0.4, 0.5) is 5.82 Å². The van der Waals surface area contributed by atoms with Crippen molar-refractivity contribution in [3.63, 3.8) is 0 Å². The molecule has 0 unspecified atom stereocenters. The number of aromatic nitrogens is 2. The van der Waals surface area contributed by atoms with Crippen molar-refractivity contribution in [2.24, 2.45) is 0 Å². The number of nitrogen functional groups attached to an aromatic ring is 1. The molecule has 0 atom stereocenters. The second kappa shape index (κ2) is 5.13. The van der Waals surface area contributed by atoms with Crippen LogP contribution in [0.25, 0.3) is 0 Å². The Morgan fingerprint density at radius 3 is 2.92 bits per heavy atom. The Morgan fingerprint density at radius 1 is 1.46 bits per heavy atom. The van der Waals surface area contributed by atoms with Crippen LogP contribution in [0.2, 0.25) is 0 Å². The van der Waals surface area contributed by atoms with Gasteiger partial charge in [-0.15, -0.1) is 16.8 Å². The number of anilines is 1. The molecule has 70 valence electrons. The van der Waals surface area contributed by atoms with Gasteiger partial charge in [-0.2, -0.15) is 0 Å². The number of rotatable bonds is 5. The van der Waals surface area contributed by atoms with Crippen molar-refractivity contribution in [3.05, 3.63) is 24.8 Å². The average molecular weight is 179 g/mol. The van der Waals surface area contributed by atoms with Crippen molar-refractivity contribution < 1.29 is 4.74 Å². The number of nitrogens with two attached hydrogens (primary N) is 1. The highest BCUT2D eigenvalue weighted by atomic mass is 16.5. The van der Waals surface area contributed by atoms with E-state index in [1.165, 1.54) is 0 Å². The Kier molecular flexibility index (Phi) is 3.75. The van der Waals surface area contributed by atoms with Gasteiger partial charge in [-0.1, -0.05) is 6.08 Å². The van der Waals surface area contributed by atoms with Crippen LogP contribution in [0, 0.1) is 0 Å². The van der Waals surface area contributed by atoms with Gasteiger partial charge in [-0.3, -0.25) is 0 Å². The number of hydrogen-bond donors (Lipinski definition) is 1. The second-order valence-corrected chi connectivity index (χ2v) is 2.58. The molecular formula is C9H13N3O. The topological polar surface area (TPSA) is 61.0 Å². The van der Waals surface area contributed by atoms with Crippen molar-refractivity contribution in [2.75, 3.05) is 12.3 Å². The van der Waals surface area contributed by atoms with E-state index in [0.29, 0.717) is 18.3 Å². The molecular weight excluding hydrogens is 166 g/mol. The van der Waals surface area contributed by atoms with Gasteiger partial charge < -0.3 is 10.5 Å². The minimum absolute atomic E-state index is 0.401. The molecule has 13 heavy (non-hydrogen) atoms. The Hall–Kier alpha value is -1.58. The van der Waals surface area contributed by atoms with Gasteiger partial charge in [-0.05, 0) is 18.9 Å². The monoisotopic (exact) mass is 179 g/mol. The summed E-state index contributed by atoms with van der Waals surface area (Å²) in [6.07, 6.45) is 3.75. The Labute approximate surface area is 77.4 Å². The molecule has 0 aliphatic carbocycles. The molecule has 0 aromatic carbocycles. The molecule has 4 nitrogen and oxygen atoms in total. The Balaban J connectivity index is 2.28. The molecule has 0 saturated carbocycles. The molecule has 0 aliphatic rings. The summed E-state index contributed by atoms with van der Waals surface area (Å²) in [6, 6.07) is 3.37. The third kappa shape index (κ3) is 3.55. The maximum atomic E-state index is 5.36. The van der Waals surface area contributed by atoms with Gasteiger partial charge in [0.1, 0.15) is 5.82 Å². The van der Waals surface area contributed by atoms with Gasteiger partial charge in [0.2, 0.25) is 5.88 Å². The van der Waals surface area contributed by atoms with Crippen LogP contribution in [0.5, 0.6) is 5.88 Å². The van der Waals surface area contributed by atoms with E-state index < -0.39 is 0 Å². The summed E-state index contributed by atoms with van der Waals surface area (Å²) in [5.74, 6) is 0.914. The number of nitrogens with zero attached hydrogens (tertiary/aromatic N) is 2. The van der Waals surface area contributed by atoms with Crippen LogP contribution < -0.4 is 10.5 Å². The molecule has 0 spiro atoms. The Bertz CT molecular complexity index is 258. The van der Waals surface area contributed by atoms with Crippen LogP contribution in [-0.2, 0) is 0 Å². The number of unbranched alkanes of at least 4 members (excludes halogenated alkanes) is 1. The van der Waals surface area contributed by atoms with Gasteiger partial charge in [-0.25, -0.2) is 0 Å². The van der Waals surface area contributed by atoms with E-state index in [4.69, 9.17) is 10.5 Å². The van der Waals surface area contributed by atoms with Gasteiger partial charge >= 0.3 is 0 Å². The highest BCUT2D eigenvalue weighted by molar-refractivity contribution is 5.27. The summed E-state index contributed by atoms with van der Waals surface area (Å²) < 4.78 is 5.29. The van der Waals surface area contributed by atoms with Gasteiger partial charge in [0.15, 0.2) is 0 Å². The van der Waals surface area contributed by atoms with Gasteiger partial charge in [0.05, 0.1) is 6.61 Å². The van der Waals surface area contributed by atoms with Crippen LogP contribution >= 0.6 is 0 Å². The van der Waals surface area contributed by atoms with Crippen molar-refractivity contribution in [2.45, 2.75) is 12.8 Å². The predicted molar refractivity (Wildman–Crippen MR) is 51.4 cm³/mol. The van der Waals surface area contributed by atoms with Crippen molar-refractivity contribution in [1.82, 2.24) is 10.2 Å². The molecule has 0 saturated heterocycles. The summed E-state index contributed by atoms with van der Waals surface area (Å²) in [7, 11) is 0. The maximum Gasteiger partial charge on any atom is 0.233 e. The van der Waals surface area contributed by atoms with Crippen molar-refractivity contribution >= 4 is 5.82 Å². The summed E-state index contributed by atoms with van der Waals surface area (Å²) in [5, 5.41) is 7.41. The molecule has 0 bridgehead atoms. The van der Waals surface area contributed by atoms with Gasteiger partial charge in [0, 0.05) is 6.07 Å². The fraction of sp³-hybridized carbons (Fsp3) is 0.333. The van der Waals surface area contributed by atoms with E-state index in [0.717, 1.165) is 12.8 Å². The molecule has 1 aromatic heterocycles. The zero-order chi connectivity index (χ0) is 9.52. The first-order valence-electron chi connectivity index (χ1n) is 4.16. The lowest BCUT2D eigenvalue weighted by atomic mass is 10.3. The maximum absolute atomic E-state index is 5.36. The third-order valence-electron chi connectivity index (χ3n) is 1.46. The quantitative estimate of drug-likeness (QED) is 0.548. The lowest BCUT2D eigenvalue weighted by molar-refractivity contribution is 0.297. The van der Waals surface area contributed by atoms with E-state index in [1.807, 2.05) is 6.08 Å². The summed E-state index contributed by atoms with van der Waals surface area (Å²) in [4.78, 5) is 0. The lowest BCUT2D eigenvalue weighted by Gasteiger charge is -2.02. The Morgan fingerprint density at radius 2 is 2.31 bits per heavy atom. The molecule has 0 aliphatic heterocycles. The molecule has 0 radical (unpaired) electrons. The minimum Gasteiger partial charge on any atom is -0.477 e. The number of hydrogen-bond acceptors (Lipinski definition) is 4. The SMILES string of the molecule is C=CCCCOc1ccc(N)nn1. The lowest BCUT2D eigenvalue weighted by Crippen LogP contribution is -2.00. The predicted octanol–water partition coefficient (Wildman–Crippen LogP) is 1.40. The van der Waals surface area contributed by atoms with E-state index >= 15 is 0 Å². The van der Waals surface area contributed by atoms with E-state index in [-0.39, 0.29) is 0 Å². The van der Waals surface area contributed by atoms with Crippen LogP contribution in [0.3, 0.4) is 0 Å². The zero-order valence-electron chi connectivity index (χ0n) is 7.44. The first-order valence-corrected chi connectivity index (χ1v) is 4.16. The third-order valence-corrected chi connectivity index (χ3v) is 1.46. The minimum atomic E-state index is 0.401. The first-order chi connectivity index (χ1) is 6.33. The fourth-order valence-corrected chi connectivity index (χ4v) is 0.812. The van der Waals surface area contributed by atoms with Crippen molar-refractivity contribution in [3.8, 4) is 5.88 Å². The van der Waals surface area contributed by atoms with E-state index in [9.17, 15) is 0 Å². The zero-order valence-corrected chi connectivity index (χ0v) is 7.44. The molecule has 1 heterocycles. The highest BCUT2D eigenvalue weighted by Crippen LogP contribution is 2.05. The van der Waals surface area contributed by atoms with Crippen LogP contribution in [0.1, 0.15) is 12.8 Å². The first kappa shape index (κ1) is 9.51. The standard InChI is InChI=1S/C9H13N3O/c1-2-3-4-7-13-9-6-5-8(10)11-12-9/h2,5-6H,1,3-4,7H2,(H2,10,11). The molecule has 1 aromatic rings. The molecule has 1 rings (SSSR count). The molecule has 2 N–H and O–H groups in total. The van der Waals surface area contributed by atoms with Gasteiger partial charge in [0.25, 0.3) is 0 Å². The van der Waals surface area contributed by atoms with E-state index in [1.54, 1.807) is 12.1 Å².